The van der Waals surface area contributed by atoms with Crippen LogP contribution < -0.4 is 21.7 Å². The third kappa shape index (κ3) is 6.27. The number of benzene rings is 3. The maximum Gasteiger partial charge on any atom is 0.338 e. The van der Waals surface area contributed by atoms with Crippen molar-refractivity contribution >= 4 is 40.4 Å². The number of ether oxygens (including phenoxy) is 1. The van der Waals surface area contributed by atoms with Crippen LogP contribution in [0.1, 0.15) is 59.8 Å². The van der Waals surface area contributed by atoms with Crippen LogP contribution in [0, 0.1) is 0 Å². The van der Waals surface area contributed by atoms with Crippen molar-refractivity contribution in [2.75, 3.05) is 23.8 Å². The Balaban J connectivity index is 1.61. The summed E-state index contributed by atoms with van der Waals surface area (Å²) in [6.07, 6.45) is 1.54. The van der Waals surface area contributed by atoms with E-state index in [1.54, 1.807) is 25.1 Å². The van der Waals surface area contributed by atoms with E-state index in [0.29, 0.717) is 34.6 Å². The summed E-state index contributed by atoms with van der Waals surface area (Å²) >= 11 is 0. The molecular weight excluding hydrogens is 480 g/mol. The van der Waals surface area contributed by atoms with Gasteiger partial charge in [-0.1, -0.05) is 48.5 Å². The molecule has 0 bridgehead atoms. The van der Waals surface area contributed by atoms with Gasteiger partial charge in [0, 0.05) is 30.8 Å². The minimum atomic E-state index is -0.434. The summed E-state index contributed by atoms with van der Waals surface area (Å²) in [5.74, 6) is -0.739. The molecule has 0 saturated carbocycles. The molecule has 2 amide bonds. The summed E-state index contributed by atoms with van der Waals surface area (Å²) in [7, 11) is 0. The first kappa shape index (κ1) is 26.6. The lowest BCUT2D eigenvalue weighted by Gasteiger charge is -2.16. The van der Waals surface area contributed by atoms with Crippen LogP contribution in [0.5, 0.6) is 0 Å². The smallest absolute Gasteiger partial charge is 0.338 e. The van der Waals surface area contributed by atoms with Gasteiger partial charge in [0.05, 0.1) is 29.1 Å². The van der Waals surface area contributed by atoms with Crippen LogP contribution >= 0.6 is 0 Å². The van der Waals surface area contributed by atoms with Crippen LogP contribution in [0.2, 0.25) is 0 Å². The molecule has 0 saturated heterocycles. The van der Waals surface area contributed by atoms with E-state index >= 15 is 0 Å². The van der Waals surface area contributed by atoms with Crippen molar-refractivity contribution in [2.45, 2.75) is 32.7 Å². The Morgan fingerprint density at radius 1 is 1.00 bits per heavy atom. The number of nitrogens with one attached hydrogen (secondary N) is 3. The van der Waals surface area contributed by atoms with Crippen LogP contribution in [0.15, 0.2) is 72.8 Å². The van der Waals surface area contributed by atoms with Gasteiger partial charge in [0.1, 0.15) is 0 Å². The fourth-order valence-electron chi connectivity index (χ4n) is 4.36. The first-order valence-corrected chi connectivity index (χ1v) is 12.7. The largest absolute Gasteiger partial charge is 0.462 e. The molecule has 0 spiro atoms. The number of carbonyl (C=O) groups excluding carboxylic acids is 3. The van der Waals surface area contributed by atoms with Gasteiger partial charge in [-0.2, -0.15) is 0 Å². The van der Waals surface area contributed by atoms with Crippen LogP contribution in [-0.2, 0) is 14.3 Å². The van der Waals surface area contributed by atoms with Gasteiger partial charge in [-0.3, -0.25) is 9.59 Å². The predicted octanol–water partition coefficient (Wildman–Crippen LogP) is 4.71. The first-order valence-electron chi connectivity index (χ1n) is 12.7. The molecule has 38 heavy (non-hydrogen) atoms. The normalized spacial score (nSPS) is 14.2. The fourth-order valence-corrected chi connectivity index (χ4v) is 4.36. The Kier molecular flexibility index (Phi) is 8.55. The number of amides is 2. The van der Waals surface area contributed by atoms with Crippen LogP contribution in [0.3, 0.4) is 0 Å². The Bertz CT molecular complexity index is 1350. The number of anilines is 2. The number of carbonyl (C=O) groups is 3. The summed E-state index contributed by atoms with van der Waals surface area (Å²) in [5.41, 5.74) is 11.8. The molecule has 3 aromatic rings. The molecule has 1 atom stereocenters. The van der Waals surface area contributed by atoms with Gasteiger partial charge in [-0.05, 0) is 55.2 Å². The topological polar surface area (TPSA) is 123 Å². The third-order valence-corrected chi connectivity index (χ3v) is 6.26. The van der Waals surface area contributed by atoms with Crippen LogP contribution in [-0.4, -0.2) is 30.9 Å². The molecule has 3 aromatic carbocycles. The third-order valence-electron chi connectivity index (χ3n) is 6.26. The van der Waals surface area contributed by atoms with Gasteiger partial charge < -0.3 is 26.4 Å². The summed E-state index contributed by atoms with van der Waals surface area (Å²) in [4.78, 5) is 36.4. The number of rotatable bonds is 10. The molecule has 5 N–H and O–H groups in total. The zero-order chi connectivity index (χ0) is 27.1. The van der Waals surface area contributed by atoms with E-state index in [0.717, 1.165) is 29.7 Å². The molecule has 0 fully saturated rings. The van der Waals surface area contributed by atoms with Gasteiger partial charge in [0.15, 0.2) is 0 Å². The summed E-state index contributed by atoms with van der Waals surface area (Å²) in [6, 6.07) is 22.4. The summed E-state index contributed by atoms with van der Waals surface area (Å²) in [5, 5.41) is 9.11. The summed E-state index contributed by atoms with van der Waals surface area (Å²) in [6.45, 7) is 4.12. The van der Waals surface area contributed by atoms with Crippen molar-refractivity contribution in [3.8, 4) is 0 Å². The van der Waals surface area contributed by atoms with Crippen molar-refractivity contribution < 1.29 is 19.1 Å². The Morgan fingerprint density at radius 3 is 2.42 bits per heavy atom. The first-order chi connectivity index (χ1) is 18.4. The molecule has 196 valence electrons. The second-order valence-electron chi connectivity index (χ2n) is 9.03. The second kappa shape index (κ2) is 12.2. The van der Waals surface area contributed by atoms with Gasteiger partial charge in [0.2, 0.25) is 5.91 Å². The van der Waals surface area contributed by atoms with Crippen LogP contribution in [0.25, 0.3) is 11.3 Å². The number of nitrogens with two attached hydrogens (primary N) is 1. The average molecular weight is 513 g/mol. The van der Waals surface area contributed by atoms with E-state index in [-0.39, 0.29) is 24.5 Å². The number of fused-ring (bicyclic) bond motifs is 1. The molecule has 1 unspecified atom stereocenters. The quantitative estimate of drug-likeness (QED) is 0.177. The Labute approximate surface area is 222 Å². The molecule has 0 radical (unpaired) electrons. The van der Waals surface area contributed by atoms with Gasteiger partial charge in [-0.15, -0.1) is 0 Å². The molecule has 1 heterocycles. The molecule has 0 aliphatic carbocycles. The molecular formula is C30H32N4O4. The van der Waals surface area contributed by atoms with Gasteiger partial charge in [0.25, 0.3) is 5.91 Å². The zero-order valence-electron chi connectivity index (χ0n) is 21.5. The van der Waals surface area contributed by atoms with E-state index in [1.165, 1.54) is 6.92 Å². The van der Waals surface area contributed by atoms with Crippen LogP contribution in [0.4, 0.5) is 11.4 Å². The van der Waals surface area contributed by atoms with E-state index in [9.17, 15) is 14.4 Å². The lowest BCUT2D eigenvalue weighted by Crippen LogP contribution is -2.22. The van der Waals surface area contributed by atoms with Crippen molar-refractivity contribution in [3.05, 3.63) is 95.1 Å². The minimum Gasteiger partial charge on any atom is -0.462 e. The van der Waals surface area contributed by atoms with E-state index in [4.69, 9.17) is 10.5 Å². The van der Waals surface area contributed by atoms with Gasteiger partial charge in [-0.25, -0.2) is 4.79 Å². The van der Waals surface area contributed by atoms with E-state index < -0.39 is 5.97 Å². The van der Waals surface area contributed by atoms with Gasteiger partial charge >= 0.3 is 5.97 Å². The lowest BCUT2D eigenvalue weighted by molar-refractivity contribution is -0.119. The number of hydrogen-bond acceptors (Lipinski definition) is 6. The molecule has 4 rings (SSSR count). The Hall–Kier alpha value is -4.43. The van der Waals surface area contributed by atoms with Crippen molar-refractivity contribution in [1.82, 2.24) is 5.32 Å². The average Bonchev–Trinajstić information content (AvgIpc) is 3.25. The Morgan fingerprint density at radius 2 is 1.74 bits per heavy atom. The number of hydrogen-bond donors (Lipinski definition) is 4. The highest BCUT2D eigenvalue weighted by molar-refractivity contribution is 6.37. The SMILES string of the molecule is CCOC(=O)c1ccc2c(c1)NC(=O)C2=C(Nc1ccc(C(N)CCCNC(C)=O)cc1)c1ccccc1. The predicted molar refractivity (Wildman–Crippen MR) is 149 cm³/mol. The van der Waals surface area contributed by atoms with E-state index in [1.807, 2.05) is 54.6 Å². The second-order valence-corrected chi connectivity index (χ2v) is 9.03. The molecule has 8 nitrogen and oxygen atoms in total. The standard InChI is InChI=1S/C30H32N4O4/c1-3-38-30(37)22-13-16-24-26(18-22)34-29(36)27(24)28(21-8-5-4-6-9-21)33-23-14-11-20(12-15-23)25(31)10-7-17-32-19(2)35/h4-6,8-9,11-16,18,25,33H,3,7,10,17,31H2,1-2H3,(H,32,35)(H,34,36). The monoisotopic (exact) mass is 512 g/mol. The molecule has 8 heteroatoms. The number of esters is 1. The highest BCUT2D eigenvalue weighted by atomic mass is 16.5. The van der Waals surface area contributed by atoms with Crippen molar-refractivity contribution in [2.24, 2.45) is 5.73 Å². The highest BCUT2D eigenvalue weighted by Crippen LogP contribution is 2.38. The highest BCUT2D eigenvalue weighted by Gasteiger charge is 2.29. The fraction of sp³-hybridized carbons (Fsp3) is 0.233. The maximum atomic E-state index is 13.2. The lowest BCUT2D eigenvalue weighted by atomic mass is 9.98. The molecule has 1 aliphatic heterocycles. The van der Waals surface area contributed by atoms with E-state index in [2.05, 4.69) is 16.0 Å². The maximum absolute atomic E-state index is 13.2. The zero-order valence-corrected chi connectivity index (χ0v) is 21.5. The van der Waals surface area contributed by atoms with Crippen molar-refractivity contribution in [3.63, 3.8) is 0 Å². The molecule has 0 aromatic heterocycles. The molecule has 1 aliphatic rings. The summed E-state index contributed by atoms with van der Waals surface area (Å²) < 4.78 is 5.10. The van der Waals surface area contributed by atoms with Crippen molar-refractivity contribution in [1.29, 1.82) is 0 Å². The minimum absolute atomic E-state index is 0.0460.